The summed E-state index contributed by atoms with van der Waals surface area (Å²) in [6.07, 6.45) is -0.821. The van der Waals surface area contributed by atoms with E-state index in [-0.39, 0.29) is 13.0 Å². The predicted octanol–water partition coefficient (Wildman–Crippen LogP) is 2.55. The normalized spacial score (nSPS) is 19.3. The molecule has 11 heteroatoms. The van der Waals surface area contributed by atoms with Gasteiger partial charge in [0.15, 0.2) is 0 Å². The van der Waals surface area contributed by atoms with Gasteiger partial charge in [-0.2, -0.15) is 0 Å². The molecule has 0 unspecified atom stereocenters. The summed E-state index contributed by atoms with van der Waals surface area (Å²) in [6, 6.07) is 13.8. The summed E-state index contributed by atoms with van der Waals surface area (Å²) in [4.78, 5) is 38.1. The zero-order valence-corrected chi connectivity index (χ0v) is 19.6. The van der Waals surface area contributed by atoms with Gasteiger partial charge < -0.3 is 25.2 Å². The van der Waals surface area contributed by atoms with Crippen LogP contribution in [-0.4, -0.2) is 39.4 Å². The summed E-state index contributed by atoms with van der Waals surface area (Å²) < 4.78 is 12.7. The number of aliphatic hydroxyl groups is 1. The van der Waals surface area contributed by atoms with Gasteiger partial charge in [0, 0.05) is 41.0 Å². The number of anilines is 1. The molecule has 1 aliphatic heterocycles. The van der Waals surface area contributed by atoms with E-state index >= 15 is 0 Å². The van der Waals surface area contributed by atoms with Crippen LogP contribution in [0.3, 0.4) is 0 Å². The highest BCUT2D eigenvalue weighted by molar-refractivity contribution is 6.31. The number of amides is 2. The van der Waals surface area contributed by atoms with Crippen molar-refractivity contribution in [2.24, 2.45) is 0 Å². The summed E-state index contributed by atoms with van der Waals surface area (Å²) in [5.41, 5.74) is 0.677. The summed E-state index contributed by atoms with van der Waals surface area (Å²) in [5, 5.41) is 16.3. The largest absolute Gasteiger partial charge is 0.489 e. The Hall–Kier alpha value is -3.60. The van der Waals surface area contributed by atoms with Crippen LogP contribution in [-0.2, 0) is 11.3 Å². The number of nitrogens with one attached hydrogen (secondary N) is 3. The lowest BCUT2D eigenvalue weighted by Crippen LogP contribution is -2.39. The summed E-state index contributed by atoms with van der Waals surface area (Å²) in [6.45, 7) is 1.92. The van der Waals surface area contributed by atoms with Crippen molar-refractivity contribution in [3.63, 3.8) is 0 Å². The number of rotatable bonds is 7. The second-order valence-corrected chi connectivity index (χ2v) is 8.56. The number of aliphatic hydroxyl groups excluding tert-OH is 1. The van der Waals surface area contributed by atoms with Gasteiger partial charge in [-0.05, 0) is 37.3 Å². The second kappa shape index (κ2) is 10.8. The monoisotopic (exact) mass is 500 g/mol. The molecule has 4 rings (SSSR count). The molecular formula is C24H25ClN4O6. The molecule has 2 amide bonds. The van der Waals surface area contributed by atoms with Crippen LogP contribution in [0.2, 0.25) is 5.02 Å². The van der Waals surface area contributed by atoms with Crippen molar-refractivity contribution in [2.75, 3.05) is 11.9 Å². The van der Waals surface area contributed by atoms with E-state index in [0.29, 0.717) is 28.6 Å². The Morgan fingerprint density at radius 3 is 2.71 bits per heavy atom. The number of ether oxygens (including phenoxy) is 2. The number of H-pyrrole nitrogens is 1. The minimum absolute atomic E-state index is 0.0274. The number of hydrogen-bond acceptors (Lipinski definition) is 6. The fourth-order valence-electron chi connectivity index (χ4n) is 3.65. The predicted molar refractivity (Wildman–Crippen MR) is 130 cm³/mol. The maximum Gasteiger partial charge on any atom is 0.330 e. The summed E-state index contributed by atoms with van der Waals surface area (Å²) >= 11 is 6.13. The molecule has 2 aromatic carbocycles. The molecule has 10 nitrogen and oxygen atoms in total. The Labute approximate surface area is 205 Å². The third-order valence-electron chi connectivity index (χ3n) is 5.59. The SMILES string of the molecule is Cc1cn([C@H]2C[C@H](O)[C@@H](CNC(=O)Nc3ccc(OCc4ccccc4Cl)cc3)O2)c(=O)[nH]c1=O. The number of aromatic nitrogens is 2. The quantitative estimate of drug-likeness (QED) is 0.394. The summed E-state index contributed by atoms with van der Waals surface area (Å²) in [5.74, 6) is 0.622. The van der Waals surface area contributed by atoms with Crippen LogP contribution in [0.1, 0.15) is 23.8 Å². The number of carbonyl (C=O) groups is 1. The minimum Gasteiger partial charge on any atom is -0.489 e. The van der Waals surface area contributed by atoms with Gasteiger partial charge in [-0.25, -0.2) is 9.59 Å². The molecule has 1 fully saturated rings. The van der Waals surface area contributed by atoms with Crippen molar-refractivity contribution in [1.29, 1.82) is 0 Å². The maximum atomic E-state index is 12.3. The number of benzene rings is 2. The first-order valence-electron chi connectivity index (χ1n) is 11.0. The van der Waals surface area contributed by atoms with Crippen molar-refractivity contribution < 1.29 is 19.4 Å². The average molecular weight is 501 g/mol. The Bertz CT molecular complexity index is 1310. The number of aryl methyl sites for hydroxylation is 1. The van der Waals surface area contributed by atoms with E-state index < -0.39 is 35.7 Å². The molecule has 1 aliphatic rings. The number of urea groups is 1. The van der Waals surface area contributed by atoms with Gasteiger partial charge in [-0.15, -0.1) is 0 Å². The lowest BCUT2D eigenvalue weighted by atomic mass is 10.2. The second-order valence-electron chi connectivity index (χ2n) is 8.15. The lowest BCUT2D eigenvalue weighted by molar-refractivity contribution is -0.0178. The van der Waals surface area contributed by atoms with Crippen LogP contribution in [0.4, 0.5) is 10.5 Å². The summed E-state index contributed by atoms with van der Waals surface area (Å²) in [7, 11) is 0. The van der Waals surface area contributed by atoms with Gasteiger partial charge in [0.25, 0.3) is 5.56 Å². The van der Waals surface area contributed by atoms with E-state index in [9.17, 15) is 19.5 Å². The average Bonchev–Trinajstić information content (AvgIpc) is 3.20. The first kappa shape index (κ1) is 24.5. The third-order valence-corrected chi connectivity index (χ3v) is 5.96. The van der Waals surface area contributed by atoms with E-state index in [2.05, 4.69) is 15.6 Å². The molecule has 0 aliphatic carbocycles. The molecule has 1 saturated heterocycles. The van der Waals surface area contributed by atoms with Crippen molar-refractivity contribution in [3.05, 3.63) is 91.7 Å². The highest BCUT2D eigenvalue weighted by Gasteiger charge is 2.35. The first-order valence-corrected chi connectivity index (χ1v) is 11.3. The number of carbonyl (C=O) groups excluding carboxylic acids is 1. The van der Waals surface area contributed by atoms with Crippen LogP contribution >= 0.6 is 11.6 Å². The van der Waals surface area contributed by atoms with Crippen LogP contribution < -0.4 is 26.6 Å². The standard InChI is InChI=1S/C24H25ClN4O6/c1-14-12-29(24(33)28-22(14)31)21-10-19(30)20(35-21)11-26-23(32)27-16-6-8-17(9-7-16)34-13-15-4-2-3-5-18(15)25/h2-9,12,19-21,30H,10-11,13H2,1H3,(H2,26,27,32)(H,28,31,33)/t19-,20+,21+/m0/s1. The van der Waals surface area contributed by atoms with E-state index in [1.54, 1.807) is 37.3 Å². The molecular weight excluding hydrogens is 476 g/mol. The Morgan fingerprint density at radius 2 is 1.97 bits per heavy atom. The maximum absolute atomic E-state index is 12.3. The number of hydrogen-bond donors (Lipinski definition) is 4. The van der Waals surface area contributed by atoms with Gasteiger partial charge in [0.2, 0.25) is 0 Å². The van der Waals surface area contributed by atoms with E-state index in [0.717, 1.165) is 5.56 Å². The minimum atomic E-state index is -0.894. The molecule has 184 valence electrons. The van der Waals surface area contributed by atoms with E-state index in [4.69, 9.17) is 21.1 Å². The van der Waals surface area contributed by atoms with Crippen LogP contribution in [0.25, 0.3) is 0 Å². The fraction of sp³-hybridized carbons (Fsp3) is 0.292. The highest BCUT2D eigenvalue weighted by atomic mass is 35.5. The Balaban J connectivity index is 1.26. The van der Waals surface area contributed by atoms with Gasteiger partial charge in [0.05, 0.1) is 6.10 Å². The fourth-order valence-corrected chi connectivity index (χ4v) is 3.84. The third kappa shape index (κ3) is 6.10. The lowest BCUT2D eigenvalue weighted by Gasteiger charge is -2.17. The molecule has 3 aromatic rings. The molecule has 0 spiro atoms. The molecule has 3 atom stereocenters. The highest BCUT2D eigenvalue weighted by Crippen LogP contribution is 2.27. The van der Waals surface area contributed by atoms with Crippen molar-refractivity contribution in [2.45, 2.75) is 38.4 Å². The molecule has 2 heterocycles. The Morgan fingerprint density at radius 1 is 1.23 bits per heavy atom. The molecule has 0 saturated carbocycles. The van der Waals surface area contributed by atoms with Crippen molar-refractivity contribution in [3.8, 4) is 5.75 Å². The van der Waals surface area contributed by atoms with Crippen LogP contribution in [0.5, 0.6) is 5.75 Å². The van der Waals surface area contributed by atoms with Crippen LogP contribution in [0, 0.1) is 6.92 Å². The molecule has 4 N–H and O–H groups in total. The van der Waals surface area contributed by atoms with Crippen LogP contribution in [0.15, 0.2) is 64.3 Å². The molecule has 1 aromatic heterocycles. The smallest absolute Gasteiger partial charge is 0.330 e. The number of halogens is 1. The zero-order chi connectivity index (χ0) is 24.9. The molecule has 0 radical (unpaired) electrons. The van der Waals surface area contributed by atoms with E-state index in [1.807, 2.05) is 18.2 Å². The first-order chi connectivity index (χ1) is 16.8. The molecule has 0 bridgehead atoms. The molecule has 35 heavy (non-hydrogen) atoms. The number of aromatic amines is 1. The van der Waals surface area contributed by atoms with Gasteiger partial charge in [-0.1, -0.05) is 29.8 Å². The van der Waals surface area contributed by atoms with Crippen molar-refractivity contribution >= 4 is 23.3 Å². The topological polar surface area (TPSA) is 135 Å². The van der Waals surface area contributed by atoms with Gasteiger partial charge >= 0.3 is 11.7 Å². The Kier molecular flexibility index (Phi) is 7.54. The zero-order valence-electron chi connectivity index (χ0n) is 18.9. The van der Waals surface area contributed by atoms with Gasteiger partial charge in [0.1, 0.15) is 24.7 Å². The van der Waals surface area contributed by atoms with Crippen molar-refractivity contribution in [1.82, 2.24) is 14.9 Å². The number of nitrogens with zero attached hydrogens (tertiary/aromatic N) is 1. The van der Waals surface area contributed by atoms with E-state index in [1.165, 1.54) is 10.8 Å². The van der Waals surface area contributed by atoms with Gasteiger partial charge in [-0.3, -0.25) is 14.3 Å².